The minimum atomic E-state index is -0.881. The Kier molecular flexibility index (Phi) is 3.25. The van der Waals surface area contributed by atoms with Crippen molar-refractivity contribution in [3.63, 3.8) is 0 Å². The maximum absolute atomic E-state index is 11.8. The number of rotatable bonds is 1. The lowest BCUT2D eigenvalue weighted by Gasteiger charge is -2.11. The first-order chi connectivity index (χ1) is 7.66. The number of ether oxygens (including phenoxy) is 1. The third-order valence-electron chi connectivity index (χ3n) is 2.03. The van der Waals surface area contributed by atoms with Crippen LogP contribution in [0.5, 0.6) is 0 Å². The summed E-state index contributed by atoms with van der Waals surface area (Å²) in [5.74, 6) is 0.463. The van der Waals surface area contributed by atoms with E-state index in [-0.39, 0.29) is 6.61 Å². The quantitative estimate of drug-likeness (QED) is 0.659. The van der Waals surface area contributed by atoms with Gasteiger partial charge in [0.2, 0.25) is 0 Å². The van der Waals surface area contributed by atoms with Gasteiger partial charge in [-0.2, -0.15) is 4.90 Å². The van der Waals surface area contributed by atoms with Crippen LogP contribution in [0.2, 0.25) is 0 Å². The van der Waals surface area contributed by atoms with Gasteiger partial charge in [0, 0.05) is 11.5 Å². The molecular weight excluding hydrogens is 250 g/mol. The lowest BCUT2D eigenvalue weighted by atomic mass is 10.5. The van der Waals surface area contributed by atoms with E-state index >= 15 is 0 Å². The van der Waals surface area contributed by atoms with Gasteiger partial charge in [0.15, 0.2) is 0 Å². The smallest absolute Gasteiger partial charge is 0.424 e. The third-order valence-corrected chi connectivity index (χ3v) is 4.57. The van der Waals surface area contributed by atoms with Gasteiger partial charge in [0.1, 0.15) is 0 Å². The van der Waals surface area contributed by atoms with Crippen molar-refractivity contribution in [3.8, 4) is 0 Å². The van der Waals surface area contributed by atoms with E-state index in [4.69, 9.17) is 0 Å². The van der Waals surface area contributed by atoms with E-state index in [1.54, 1.807) is 6.92 Å². The molecule has 0 radical (unpaired) electrons. The normalized spacial score (nSPS) is 20.2. The Bertz CT molecular complexity index is 376. The molecule has 16 heavy (non-hydrogen) atoms. The van der Waals surface area contributed by atoms with Crippen LogP contribution >= 0.6 is 23.5 Å². The lowest BCUT2D eigenvalue weighted by Crippen LogP contribution is -2.37. The minimum Gasteiger partial charge on any atom is -0.449 e. The number of nitrogens with zero attached hydrogens (tertiary/aromatic N) is 1. The number of amides is 3. The molecule has 0 atom stereocenters. The highest BCUT2D eigenvalue weighted by Gasteiger charge is 2.44. The van der Waals surface area contributed by atoms with Crippen LogP contribution in [0.15, 0.2) is 9.81 Å². The summed E-state index contributed by atoms with van der Waals surface area (Å²) in [6, 6.07) is 0. The van der Waals surface area contributed by atoms with Crippen LogP contribution in [0.25, 0.3) is 0 Å². The van der Waals surface area contributed by atoms with E-state index in [9.17, 15) is 14.4 Å². The monoisotopic (exact) mass is 259 g/mol. The molecule has 2 rings (SSSR count). The summed E-state index contributed by atoms with van der Waals surface area (Å²) >= 11 is 2.65. The predicted octanol–water partition coefficient (Wildman–Crippen LogP) is 1.20. The molecule has 0 aromatic carbocycles. The average molecular weight is 259 g/mol. The molecule has 5 nitrogen and oxygen atoms in total. The predicted molar refractivity (Wildman–Crippen MR) is 60.8 cm³/mol. The maximum Gasteiger partial charge on any atom is 0.424 e. The Hall–Kier alpha value is -0.950. The van der Waals surface area contributed by atoms with Crippen molar-refractivity contribution in [2.75, 3.05) is 18.1 Å². The molecule has 0 N–H and O–H groups in total. The van der Waals surface area contributed by atoms with Gasteiger partial charge in [-0.3, -0.25) is 9.59 Å². The first-order valence-electron chi connectivity index (χ1n) is 4.72. The topological polar surface area (TPSA) is 63.7 Å². The van der Waals surface area contributed by atoms with Crippen molar-refractivity contribution in [1.82, 2.24) is 4.90 Å². The first-order valence-corrected chi connectivity index (χ1v) is 6.69. The highest BCUT2D eigenvalue weighted by Crippen LogP contribution is 2.40. The number of hydrogen-bond acceptors (Lipinski definition) is 6. The van der Waals surface area contributed by atoms with Gasteiger partial charge in [-0.25, -0.2) is 4.79 Å². The van der Waals surface area contributed by atoms with E-state index in [0.29, 0.717) is 14.7 Å². The molecule has 3 amide bonds. The van der Waals surface area contributed by atoms with E-state index in [0.717, 1.165) is 11.5 Å². The molecule has 0 aromatic heterocycles. The molecule has 0 spiro atoms. The molecule has 0 saturated heterocycles. The molecule has 2 aliphatic rings. The van der Waals surface area contributed by atoms with Crippen LogP contribution in [0.1, 0.15) is 6.92 Å². The third kappa shape index (κ3) is 1.73. The van der Waals surface area contributed by atoms with Gasteiger partial charge in [0.05, 0.1) is 16.4 Å². The molecule has 0 saturated carbocycles. The van der Waals surface area contributed by atoms with Crippen LogP contribution in [-0.4, -0.2) is 40.9 Å². The molecule has 86 valence electrons. The van der Waals surface area contributed by atoms with Crippen LogP contribution in [0.4, 0.5) is 4.79 Å². The fourth-order valence-corrected chi connectivity index (χ4v) is 3.68. The van der Waals surface area contributed by atoms with Gasteiger partial charge in [-0.1, -0.05) is 0 Å². The van der Waals surface area contributed by atoms with Crippen molar-refractivity contribution >= 4 is 41.4 Å². The zero-order valence-corrected chi connectivity index (χ0v) is 10.2. The van der Waals surface area contributed by atoms with Gasteiger partial charge in [0.25, 0.3) is 11.8 Å². The van der Waals surface area contributed by atoms with Crippen molar-refractivity contribution < 1.29 is 19.1 Å². The van der Waals surface area contributed by atoms with E-state index < -0.39 is 17.9 Å². The molecular formula is C9H9NO4S2. The summed E-state index contributed by atoms with van der Waals surface area (Å²) in [5.41, 5.74) is 0. The Morgan fingerprint density at radius 2 is 1.75 bits per heavy atom. The second kappa shape index (κ2) is 4.50. The number of imide groups is 3. The Morgan fingerprint density at radius 3 is 2.19 bits per heavy atom. The molecule has 2 heterocycles. The molecule has 0 fully saturated rings. The van der Waals surface area contributed by atoms with Crippen LogP contribution < -0.4 is 0 Å². The summed E-state index contributed by atoms with van der Waals surface area (Å²) in [4.78, 5) is 36.3. The molecule has 2 aliphatic heterocycles. The standard InChI is InChI=1S/C9H9NO4S2/c1-2-14-9(13)10-7(11)5-6(8(10)12)16-4-3-15-5/h2-4H2,1H3. The van der Waals surface area contributed by atoms with E-state index in [2.05, 4.69) is 4.74 Å². The summed E-state index contributed by atoms with van der Waals surface area (Å²) < 4.78 is 4.67. The van der Waals surface area contributed by atoms with Gasteiger partial charge < -0.3 is 4.74 Å². The van der Waals surface area contributed by atoms with Gasteiger partial charge in [-0.15, -0.1) is 23.5 Å². The molecule has 0 unspecified atom stereocenters. The van der Waals surface area contributed by atoms with E-state index in [1.807, 2.05) is 0 Å². The van der Waals surface area contributed by atoms with Crippen molar-refractivity contribution in [2.45, 2.75) is 6.92 Å². The number of carbonyl (C=O) groups excluding carboxylic acids is 3. The highest BCUT2D eigenvalue weighted by atomic mass is 32.2. The Balaban J connectivity index is 2.25. The zero-order chi connectivity index (χ0) is 11.7. The second-order valence-electron chi connectivity index (χ2n) is 3.00. The first kappa shape index (κ1) is 11.5. The molecule has 0 bridgehead atoms. The van der Waals surface area contributed by atoms with Crippen LogP contribution in [0, 0.1) is 0 Å². The molecule has 0 aromatic rings. The minimum absolute atomic E-state index is 0.140. The van der Waals surface area contributed by atoms with Crippen molar-refractivity contribution in [3.05, 3.63) is 9.81 Å². The Labute approximate surface area is 101 Å². The zero-order valence-electron chi connectivity index (χ0n) is 8.52. The van der Waals surface area contributed by atoms with Crippen molar-refractivity contribution in [2.24, 2.45) is 0 Å². The summed E-state index contributed by atoms with van der Waals surface area (Å²) in [7, 11) is 0. The fraction of sp³-hybridized carbons (Fsp3) is 0.444. The van der Waals surface area contributed by atoms with E-state index in [1.165, 1.54) is 23.5 Å². The maximum atomic E-state index is 11.8. The fourth-order valence-electron chi connectivity index (χ4n) is 1.39. The summed E-state index contributed by atoms with van der Waals surface area (Å²) in [6.07, 6.45) is -0.881. The van der Waals surface area contributed by atoms with Crippen LogP contribution in [-0.2, 0) is 14.3 Å². The number of carbonyl (C=O) groups is 3. The molecule has 0 aliphatic carbocycles. The highest BCUT2D eigenvalue weighted by molar-refractivity contribution is 8.11. The average Bonchev–Trinajstić information content (AvgIpc) is 2.53. The van der Waals surface area contributed by atoms with Crippen molar-refractivity contribution in [1.29, 1.82) is 0 Å². The van der Waals surface area contributed by atoms with Gasteiger partial charge >= 0.3 is 6.09 Å². The number of hydrogen-bond donors (Lipinski definition) is 0. The Morgan fingerprint density at radius 1 is 1.25 bits per heavy atom. The van der Waals surface area contributed by atoms with Gasteiger partial charge in [-0.05, 0) is 6.92 Å². The SMILES string of the molecule is CCOC(=O)N1C(=O)C2=C(SCCS2)C1=O. The summed E-state index contributed by atoms with van der Waals surface area (Å²) in [5, 5.41) is 0. The largest absolute Gasteiger partial charge is 0.449 e. The lowest BCUT2D eigenvalue weighted by molar-refractivity contribution is -0.134. The molecule has 7 heteroatoms. The summed E-state index contributed by atoms with van der Waals surface area (Å²) in [6.45, 7) is 1.76. The second-order valence-corrected chi connectivity index (χ2v) is 5.21. The number of thioether (sulfide) groups is 2. The van der Waals surface area contributed by atoms with Crippen LogP contribution in [0.3, 0.4) is 0 Å².